The zero-order valence-corrected chi connectivity index (χ0v) is 16.9. The molecule has 1 aromatic carbocycles. The predicted octanol–water partition coefficient (Wildman–Crippen LogP) is 2.78. The second kappa shape index (κ2) is 6.92. The minimum Gasteiger partial charge on any atom is -0.508 e. The summed E-state index contributed by atoms with van der Waals surface area (Å²) in [5.41, 5.74) is 0.728. The van der Waals surface area contributed by atoms with Crippen molar-refractivity contribution in [2.45, 2.75) is 51.7 Å². The summed E-state index contributed by atoms with van der Waals surface area (Å²) in [6.45, 7) is 4.97. The van der Waals surface area contributed by atoms with E-state index in [1.54, 1.807) is 19.2 Å². The van der Waals surface area contributed by atoms with Gasteiger partial charge in [0.2, 0.25) is 5.91 Å². The normalized spacial score (nSPS) is 35.4. The van der Waals surface area contributed by atoms with E-state index in [0.717, 1.165) is 24.8 Å². The van der Waals surface area contributed by atoms with Crippen LogP contribution < -0.4 is 10.1 Å². The lowest BCUT2D eigenvalue weighted by Crippen LogP contribution is -2.59. The largest absolute Gasteiger partial charge is 0.508 e. The molecule has 3 fully saturated rings. The van der Waals surface area contributed by atoms with Gasteiger partial charge in [-0.1, -0.05) is 13.8 Å². The molecule has 4 rings (SSSR count). The maximum Gasteiger partial charge on any atom is 0.222 e. The van der Waals surface area contributed by atoms with Gasteiger partial charge >= 0.3 is 0 Å². The Kier molecular flexibility index (Phi) is 4.82. The van der Waals surface area contributed by atoms with Crippen LogP contribution in [0.3, 0.4) is 0 Å². The highest BCUT2D eigenvalue weighted by molar-refractivity contribution is 5.76. The van der Waals surface area contributed by atoms with Crippen LogP contribution in [-0.2, 0) is 9.53 Å². The van der Waals surface area contributed by atoms with Crippen molar-refractivity contribution in [2.75, 3.05) is 20.3 Å². The van der Waals surface area contributed by atoms with Crippen molar-refractivity contribution in [3.63, 3.8) is 0 Å². The number of amides is 1. The number of ether oxygens (including phenoxy) is 2. The minimum atomic E-state index is -0.206. The molecular weight excluding hydrogens is 358 g/mol. The molecular formula is C22H31NO5. The Bertz CT molecular complexity index is 763. The van der Waals surface area contributed by atoms with Crippen LogP contribution in [0.5, 0.6) is 11.5 Å². The van der Waals surface area contributed by atoms with Gasteiger partial charge in [-0.3, -0.25) is 4.79 Å². The van der Waals surface area contributed by atoms with Gasteiger partial charge in [0.05, 0.1) is 19.8 Å². The molecule has 1 saturated heterocycles. The smallest absolute Gasteiger partial charge is 0.222 e. The Balaban J connectivity index is 1.69. The highest BCUT2D eigenvalue weighted by Gasteiger charge is 2.68. The maximum atomic E-state index is 12.4. The number of benzene rings is 1. The first-order valence-electron chi connectivity index (χ1n) is 10.2. The molecule has 3 aliphatic rings. The predicted molar refractivity (Wildman–Crippen MR) is 104 cm³/mol. The number of methoxy groups -OCH3 is 1. The maximum absolute atomic E-state index is 12.4. The number of aromatic hydroxyl groups is 1. The summed E-state index contributed by atoms with van der Waals surface area (Å²) >= 11 is 0. The fraction of sp³-hybridized carbons (Fsp3) is 0.682. The van der Waals surface area contributed by atoms with E-state index in [1.807, 2.05) is 6.07 Å². The highest BCUT2D eigenvalue weighted by atomic mass is 16.5. The second-order valence-electron chi connectivity index (χ2n) is 9.24. The molecule has 3 N–H and O–H groups in total. The first-order chi connectivity index (χ1) is 13.3. The molecule has 5 atom stereocenters. The molecule has 28 heavy (non-hydrogen) atoms. The topological polar surface area (TPSA) is 88.0 Å². The number of aliphatic hydroxyl groups excluding tert-OH is 1. The van der Waals surface area contributed by atoms with Crippen molar-refractivity contribution in [3.8, 4) is 11.5 Å². The molecule has 1 amide bonds. The lowest BCUT2D eigenvalue weighted by molar-refractivity contribution is -0.138. The van der Waals surface area contributed by atoms with E-state index in [2.05, 4.69) is 19.2 Å². The summed E-state index contributed by atoms with van der Waals surface area (Å²) in [4.78, 5) is 12.4. The number of carbonyl (C=O) groups excluding carboxylic acids is 1. The molecule has 1 spiro atoms. The summed E-state index contributed by atoms with van der Waals surface area (Å²) in [6, 6.07) is 5.33. The van der Waals surface area contributed by atoms with Gasteiger partial charge in [0, 0.05) is 24.6 Å². The number of phenols is 1. The number of hydrogen-bond donors (Lipinski definition) is 3. The molecule has 0 radical (unpaired) electrons. The standard InChI is InChI=1S/C22H31NO5/c1-21(2)13-10-16-19(15-11-14(27-3)4-5-17(15)25)28-9-7-22(16,12-13)20(21)23-18(26)6-8-24/h4-5,11,13,16,19-20,24-25H,6-10,12H2,1-3H3,(H,23,26)/t13-,16-,19-,20+,22-/m1/s1. The summed E-state index contributed by atoms with van der Waals surface area (Å²) in [6.07, 6.45) is 2.93. The lowest BCUT2D eigenvalue weighted by Gasteiger charge is -2.53. The summed E-state index contributed by atoms with van der Waals surface area (Å²) in [5.74, 6) is 1.57. The van der Waals surface area contributed by atoms with Gasteiger partial charge in [0.25, 0.3) is 0 Å². The van der Waals surface area contributed by atoms with E-state index in [1.165, 1.54) is 0 Å². The highest BCUT2D eigenvalue weighted by Crippen LogP contribution is 2.70. The Morgan fingerprint density at radius 2 is 2.18 bits per heavy atom. The second-order valence-corrected chi connectivity index (χ2v) is 9.24. The number of nitrogens with one attached hydrogen (secondary N) is 1. The van der Waals surface area contributed by atoms with Crippen LogP contribution >= 0.6 is 0 Å². The number of rotatable bonds is 5. The third-order valence-corrected chi connectivity index (χ3v) is 7.69. The van der Waals surface area contributed by atoms with Crippen molar-refractivity contribution in [3.05, 3.63) is 23.8 Å². The molecule has 6 heteroatoms. The van der Waals surface area contributed by atoms with E-state index in [-0.39, 0.29) is 53.6 Å². The average Bonchev–Trinajstić information content (AvgIpc) is 3.15. The molecule has 2 aliphatic carbocycles. The number of fused-ring (bicyclic) bond motifs is 1. The Labute approximate surface area is 166 Å². The van der Waals surface area contributed by atoms with E-state index >= 15 is 0 Å². The van der Waals surface area contributed by atoms with E-state index in [0.29, 0.717) is 18.3 Å². The monoisotopic (exact) mass is 389 g/mol. The molecule has 0 unspecified atom stereocenters. The van der Waals surface area contributed by atoms with Gasteiger partial charge in [0.1, 0.15) is 11.5 Å². The first kappa shape index (κ1) is 19.5. The van der Waals surface area contributed by atoms with Crippen LogP contribution in [0.4, 0.5) is 0 Å². The number of phenolic OH excluding ortho intramolecular Hbond substituents is 1. The number of carbonyl (C=O) groups is 1. The van der Waals surface area contributed by atoms with Crippen LogP contribution in [-0.4, -0.2) is 42.5 Å². The van der Waals surface area contributed by atoms with Crippen molar-refractivity contribution < 1.29 is 24.5 Å². The first-order valence-corrected chi connectivity index (χ1v) is 10.2. The summed E-state index contributed by atoms with van der Waals surface area (Å²) in [5, 5.41) is 22.9. The Hall–Kier alpha value is -1.79. The van der Waals surface area contributed by atoms with Gasteiger partial charge in [-0.2, -0.15) is 0 Å². The van der Waals surface area contributed by atoms with Crippen LogP contribution in [0, 0.1) is 22.7 Å². The van der Waals surface area contributed by atoms with Crippen molar-refractivity contribution in [1.29, 1.82) is 0 Å². The molecule has 6 nitrogen and oxygen atoms in total. The Morgan fingerprint density at radius 3 is 2.89 bits per heavy atom. The third-order valence-electron chi connectivity index (χ3n) is 7.69. The third kappa shape index (κ3) is 2.80. The average molecular weight is 389 g/mol. The molecule has 2 bridgehead atoms. The quantitative estimate of drug-likeness (QED) is 0.721. The van der Waals surface area contributed by atoms with Crippen LogP contribution in [0.25, 0.3) is 0 Å². The lowest BCUT2D eigenvalue weighted by atomic mass is 9.58. The van der Waals surface area contributed by atoms with Gasteiger partial charge in [-0.05, 0) is 60.1 Å². The molecule has 2 saturated carbocycles. The van der Waals surface area contributed by atoms with E-state index < -0.39 is 0 Å². The van der Waals surface area contributed by atoms with Crippen LogP contribution in [0.15, 0.2) is 18.2 Å². The van der Waals surface area contributed by atoms with Crippen molar-refractivity contribution in [2.24, 2.45) is 22.7 Å². The van der Waals surface area contributed by atoms with Gasteiger partial charge in [0.15, 0.2) is 0 Å². The SMILES string of the molecule is COc1ccc(O)c([C@H]2OCC[C@@]34C[C@@H](C[C@H]23)C(C)(C)[C@@H]4NC(=O)CCO)c1. The zero-order chi connectivity index (χ0) is 20.1. The van der Waals surface area contributed by atoms with E-state index in [9.17, 15) is 9.90 Å². The molecule has 1 aliphatic heterocycles. The minimum absolute atomic E-state index is 0.0000712. The van der Waals surface area contributed by atoms with Crippen molar-refractivity contribution in [1.82, 2.24) is 5.32 Å². The van der Waals surface area contributed by atoms with Crippen LogP contribution in [0.2, 0.25) is 0 Å². The van der Waals surface area contributed by atoms with E-state index in [4.69, 9.17) is 14.6 Å². The van der Waals surface area contributed by atoms with Gasteiger partial charge in [-0.25, -0.2) is 0 Å². The summed E-state index contributed by atoms with van der Waals surface area (Å²) in [7, 11) is 1.62. The molecule has 1 heterocycles. The zero-order valence-electron chi connectivity index (χ0n) is 16.9. The molecule has 154 valence electrons. The summed E-state index contributed by atoms with van der Waals surface area (Å²) < 4.78 is 11.6. The van der Waals surface area contributed by atoms with Crippen molar-refractivity contribution >= 4 is 5.91 Å². The van der Waals surface area contributed by atoms with Gasteiger partial charge in [-0.15, -0.1) is 0 Å². The van der Waals surface area contributed by atoms with Crippen LogP contribution in [0.1, 0.15) is 51.2 Å². The fourth-order valence-corrected chi connectivity index (χ4v) is 6.32. The fourth-order valence-electron chi connectivity index (χ4n) is 6.32. The Morgan fingerprint density at radius 1 is 1.39 bits per heavy atom. The molecule has 0 aromatic heterocycles. The number of hydrogen-bond acceptors (Lipinski definition) is 5. The number of aliphatic hydroxyl groups is 1. The molecule has 1 aromatic rings. The van der Waals surface area contributed by atoms with Gasteiger partial charge < -0.3 is 25.0 Å².